The maximum atomic E-state index is 13.6. The summed E-state index contributed by atoms with van der Waals surface area (Å²) in [6, 6.07) is 10.3. The number of amides is 2. The normalized spacial score (nSPS) is 10.0. The summed E-state index contributed by atoms with van der Waals surface area (Å²) in [5.74, 6) is -1.83. The van der Waals surface area contributed by atoms with Gasteiger partial charge in [0.1, 0.15) is 12.4 Å². The van der Waals surface area contributed by atoms with Crippen molar-refractivity contribution in [3.63, 3.8) is 0 Å². The van der Waals surface area contributed by atoms with Crippen molar-refractivity contribution in [1.29, 1.82) is 0 Å². The number of benzene rings is 2. The maximum Gasteiger partial charge on any atom is 0.338 e. The molecule has 0 unspecified atom stereocenters. The van der Waals surface area contributed by atoms with Crippen molar-refractivity contribution in [2.45, 2.75) is 20.5 Å². The van der Waals surface area contributed by atoms with E-state index in [4.69, 9.17) is 4.74 Å². The third kappa shape index (κ3) is 5.42. The number of hydrogen-bond acceptors (Lipinski definition) is 4. The molecule has 130 valence electrons. The van der Waals surface area contributed by atoms with Gasteiger partial charge in [0.2, 0.25) is 11.8 Å². The molecule has 0 aliphatic carbocycles. The average molecular weight is 344 g/mol. The van der Waals surface area contributed by atoms with Crippen LogP contribution in [0.25, 0.3) is 0 Å². The van der Waals surface area contributed by atoms with Gasteiger partial charge in [-0.1, -0.05) is 18.2 Å². The zero-order valence-electron chi connectivity index (χ0n) is 13.8. The minimum absolute atomic E-state index is 0.117. The highest BCUT2D eigenvalue weighted by molar-refractivity contribution is 5.97. The summed E-state index contributed by atoms with van der Waals surface area (Å²) < 4.78 is 18.7. The fourth-order valence-electron chi connectivity index (χ4n) is 2.14. The molecule has 0 heterocycles. The van der Waals surface area contributed by atoms with Gasteiger partial charge in [-0.2, -0.15) is 0 Å². The molecule has 0 bridgehead atoms. The molecular weight excluding hydrogens is 327 g/mol. The molecule has 0 saturated heterocycles. The smallest absolute Gasteiger partial charge is 0.338 e. The molecule has 6 nitrogen and oxygen atoms in total. The lowest BCUT2D eigenvalue weighted by Gasteiger charge is -2.11. The van der Waals surface area contributed by atoms with Gasteiger partial charge in [-0.3, -0.25) is 9.59 Å². The van der Waals surface area contributed by atoms with Crippen LogP contribution in [0.4, 0.5) is 15.8 Å². The molecule has 0 saturated carbocycles. The van der Waals surface area contributed by atoms with Crippen LogP contribution in [0.1, 0.15) is 29.8 Å². The summed E-state index contributed by atoms with van der Waals surface area (Å²) in [4.78, 5) is 34.7. The molecule has 2 rings (SSSR count). The topological polar surface area (TPSA) is 84.5 Å². The molecule has 2 aromatic carbocycles. The summed E-state index contributed by atoms with van der Waals surface area (Å²) in [5, 5.41) is 5.08. The summed E-state index contributed by atoms with van der Waals surface area (Å²) >= 11 is 0. The van der Waals surface area contributed by atoms with Crippen LogP contribution >= 0.6 is 0 Å². The Kier molecular flexibility index (Phi) is 5.84. The first-order valence-corrected chi connectivity index (χ1v) is 7.46. The number of esters is 1. The Labute approximate surface area is 144 Å². The first-order valence-electron chi connectivity index (χ1n) is 7.46. The SMILES string of the molecule is CC(=O)Nc1cc(NC(C)=O)cc(C(=O)OCc2ccccc2F)c1. The molecule has 0 aromatic heterocycles. The van der Waals surface area contributed by atoms with Crippen molar-refractivity contribution in [3.8, 4) is 0 Å². The zero-order valence-corrected chi connectivity index (χ0v) is 13.8. The third-order valence-electron chi connectivity index (χ3n) is 3.13. The van der Waals surface area contributed by atoms with Crippen LogP contribution in [0.2, 0.25) is 0 Å². The molecule has 0 spiro atoms. The standard InChI is InChI=1S/C18H17FN2O4/c1-11(22)20-15-7-14(8-16(9-15)21-12(2)23)18(24)25-10-13-5-3-4-6-17(13)19/h3-9H,10H2,1-2H3,(H,20,22)(H,21,23). The third-order valence-corrected chi connectivity index (χ3v) is 3.13. The van der Waals surface area contributed by atoms with E-state index in [1.807, 2.05) is 0 Å². The van der Waals surface area contributed by atoms with E-state index in [1.165, 1.54) is 50.2 Å². The van der Waals surface area contributed by atoms with E-state index < -0.39 is 11.8 Å². The summed E-state index contributed by atoms with van der Waals surface area (Å²) in [5.41, 5.74) is 1.02. The van der Waals surface area contributed by atoms with E-state index >= 15 is 0 Å². The van der Waals surface area contributed by atoms with Gasteiger partial charge in [0, 0.05) is 30.8 Å². The molecule has 7 heteroatoms. The molecule has 0 atom stereocenters. The fraction of sp³-hybridized carbons (Fsp3) is 0.167. The van der Waals surface area contributed by atoms with Gasteiger partial charge < -0.3 is 15.4 Å². The minimum Gasteiger partial charge on any atom is -0.457 e. The van der Waals surface area contributed by atoms with Crippen LogP contribution in [0.15, 0.2) is 42.5 Å². The molecule has 2 aromatic rings. The second-order valence-corrected chi connectivity index (χ2v) is 5.33. The molecule has 0 fully saturated rings. The first-order chi connectivity index (χ1) is 11.8. The van der Waals surface area contributed by atoms with E-state index in [0.717, 1.165) is 0 Å². The quantitative estimate of drug-likeness (QED) is 0.816. The van der Waals surface area contributed by atoms with Crippen LogP contribution in [0, 0.1) is 5.82 Å². The lowest BCUT2D eigenvalue weighted by Crippen LogP contribution is -2.12. The van der Waals surface area contributed by atoms with Crippen molar-refractivity contribution in [2.75, 3.05) is 10.6 Å². The van der Waals surface area contributed by atoms with Crippen LogP contribution in [0.5, 0.6) is 0 Å². The van der Waals surface area contributed by atoms with Gasteiger partial charge in [-0.25, -0.2) is 9.18 Å². The number of carbonyl (C=O) groups excluding carboxylic acids is 3. The van der Waals surface area contributed by atoms with Crippen molar-refractivity contribution in [1.82, 2.24) is 0 Å². The predicted molar refractivity (Wildman–Crippen MR) is 90.6 cm³/mol. The van der Waals surface area contributed by atoms with Crippen LogP contribution in [-0.2, 0) is 20.9 Å². The second kappa shape index (κ2) is 8.05. The van der Waals surface area contributed by atoms with Gasteiger partial charge in [0.15, 0.2) is 0 Å². The number of rotatable bonds is 5. The number of nitrogens with one attached hydrogen (secondary N) is 2. The number of hydrogen-bond donors (Lipinski definition) is 2. The van der Waals surface area contributed by atoms with E-state index in [-0.39, 0.29) is 29.5 Å². The fourth-order valence-corrected chi connectivity index (χ4v) is 2.14. The van der Waals surface area contributed by atoms with Crippen molar-refractivity contribution in [2.24, 2.45) is 0 Å². The predicted octanol–water partition coefficient (Wildman–Crippen LogP) is 3.10. The highest BCUT2D eigenvalue weighted by atomic mass is 19.1. The lowest BCUT2D eigenvalue weighted by molar-refractivity contribution is -0.115. The number of halogens is 1. The van der Waals surface area contributed by atoms with Gasteiger partial charge in [-0.05, 0) is 24.3 Å². The van der Waals surface area contributed by atoms with Crippen LogP contribution in [-0.4, -0.2) is 17.8 Å². The Morgan fingerprint density at radius 3 is 2.04 bits per heavy atom. The highest BCUT2D eigenvalue weighted by Gasteiger charge is 2.13. The van der Waals surface area contributed by atoms with Crippen LogP contribution in [0.3, 0.4) is 0 Å². The molecule has 0 radical (unpaired) electrons. The second-order valence-electron chi connectivity index (χ2n) is 5.33. The van der Waals surface area contributed by atoms with Crippen molar-refractivity contribution < 1.29 is 23.5 Å². The number of ether oxygens (including phenoxy) is 1. The van der Waals surface area contributed by atoms with E-state index in [1.54, 1.807) is 6.07 Å². The highest BCUT2D eigenvalue weighted by Crippen LogP contribution is 2.21. The Morgan fingerprint density at radius 2 is 1.52 bits per heavy atom. The van der Waals surface area contributed by atoms with Gasteiger partial charge in [-0.15, -0.1) is 0 Å². The Morgan fingerprint density at radius 1 is 0.960 bits per heavy atom. The number of anilines is 2. The molecule has 2 amide bonds. The molecular formula is C18H17FN2O4. The van der Waals surface area contributed by atoms with Crippen molar-refractivity contribution in [3.05, 3.63) is 59.4 Å². The van der Waals surface area contributed by atoms with Gasteiger partial charge in [0.25, 0.3) is 0 Å². The monoisotopic (exact) mass is 344 g/mol. The summed E-state index contributed by atoms with van der Waals surface area (Å²) in [6.07, 6.45) is 0. The minimum atomic E-state index is -0.706. The van der Waals surface area contributed by atoms with Crippen molar-refractivity contribution >= 4 is 29.2 Å². The Balaban J connectivity index is 2.20. The van der Waals surface area contributed by atoms with E-state index in [2.05, 4.69) is 10.6 Å². The first kappa shape index (κ1) is 18.1. The maximum absolute atomic E-state index is 13.6. The average Bonchev–Trinajstić information content (AvgIpc) is 2.52. The molecule has 0 aliphatic rings. The Bertz CT molecular complexity index is 786. The van der Waals surface area contributed by atoms with Gasteiger partial charge >= 0.3 is 5.97 Å². The summed E-state index contributed by atoms with van der Waals surface area (Å²) in [7, 11) is 0. The summed E-state index contributed by atoms with van der Waals surface area (Å²) in [6.45, 7) is 2.41. The zero-order chi connectivity index (χ0) is 18.4. The Hall–Kier alpha value is -3.22. The molecule has 2 N–H and O–H groups in total. The van der Waals surface area contributed by atoms with E-state index in [0.29, 0.717) is 11.4 Å². The largest absolute Gasteiger partial charge is 0.457 e. The molecule has 0 aliphatic heterocycles. The number of carbonyl (C=O) groups is 3. The van der Waals surface area contributed by atoms with E-state index in [9.17, 15) is 18.8 Å². The van der Waals surface area contributed by atoms with Crippen LogP contribution < -0.4 is 10.6 Å². The van der Waals surface area contributed by atoms with Gasteiger partial charge in [0.05, 0.1) is 5.56 Å². The lowest BCUT2D eigenvalue weighted by atomic mass is 10.1. The molecule has 25 heavy (non-hydrogen) atoms.